The summed E-state index contributed by atoms with van der Waals surface area (Å²) < 4.78 is 7.33. The Balaban J connectivity index is 1.18. The Bertz CT molecular complexity index is 1110. The number of ether oxygens (including phenoxy) is 1. The predicted octanol–water partition coefficient (Wildman–Crippen LogP) is 3.77. The molecule has 2 aromatic carbocycles. The second kappa shape index (κ2) is 9.89. The molecular formula is C27H33N5O2. The van der Waals surface area contributed by atoms with Gasteiger partial charge in [0.25, 0.3) is 0 Å². The smallest absolute Gasteiger partial charge is 0.315 e. The Morgan fingerprint density at radius 1 is 1.12 bits per heavy atom. The molecule has 7 nitrogen and oxygen atoms in total. The van der Waals surface area contributed by atoms with Crippen molar-refractivity contribution in [2.24, 2.45) is 13.0 Å². The number of nitrogens with one attached hydrogen (secondary N) is 2. The molecule has 34 heavy (non-hydrogen) atoms. The Morgan fingerprint density at radius 2 is 1.91 bits per heavy atom. The van der Waals surface area contributed by atoms with Crippen molar-refractivity contribution in [3.05, 3.63) is 71.9 Å². The van der Waals surface area contributed by atoms with Gasteiger partial charge in [-0.15, -0.1) is 0 Å². The van der Waals surface area contributed by atoms with E-state index in [1.54, 1.807) is 7.11 Å². The fourth-order valence-electron chi connectivity index (χ4n) is 5.47. The van der Waals surface area contributed by atoms with Crippen molar-refractivity contribution in [2.45, 2.75) is 31.3 Å². The number of rotatable bonds is 7. The lowest BCUT2D eigenvalue weighted by atomic mass is 9.74. The normalized spacial score (nSPS) is 23.5. The van der Waals surface area contributed by atoms with Gasteiger partial charge in [0, 0.05) is 49.9 Å². The zero-order valence-electron chi connectivity index (χ0n) is 19.9. The second-order valence-electron chi connectivity index (χ2n) is 9.40. The Labute approximate surface area is 201 Å². The summed E-state index contributed by atoms with van der Waals surface area (Å²) in [7, 11) is 3.73. The maximum atomic E-state index is 12.3. The molecule has 3 saturated heterocycles. The summed E-state index contributed by atoms with van der Waals surface area (Å²) in [5.41, 5.74) is 4.51. The first-order valence-corrected chi connectivity index (χ1v) is 12.1. The van der Waals surface area contributed by atoms with E-state index in [9.17, 15) is 4.79 Å². The molecule has 3 aliphatic heterocycles. The van der Waals surface area contributed by atoms with Crippen LogP contribution in [0.25, 0.3) is 11.3 Å². The number of fused-ring (bicyclic) bond motifs is 3. The van der Waals surface area contributed by atoms with Crippen LogP contribution >= 0.6 is 0 Å². The van der Waals surface area contributed by atoms with E-state index in [0.29, 0.717) is 31.0 Å². The minimum absolute atomic E-state index is 0.0983. The molecule has 178 valence electrons. The van der Waals surface area contributed by atoms with E-state index in [1.165, 1.54) is 12.1 Å². The van der Waals surface area contributed by atoms with Gasteiger partial charge in [-0.25, -0.2) is 4.79 Å². The van der Waals surface area contributed by atoms with Crippen LogP contribution in [0.5, 0.6) is 5.75 Å². The molecular weight excluding hydrogens is 426 g/mol. The molecule has 0 aliphatic carbocycles. The fraction of sp³-hybridized carbons (Fsp3) is 0.407. The highest BCUT2D eigenvalue weighted by Crippen LogP contribution is 2.42. The van der Waals surface area contributed by atoms with Crippen LogP contribution in [-0.4, -0.2) is 53.5 Å². The average Bonchev–Trinajstić information content (AvgIpc) is 3.28. The molecule has 0 spiro atoms. The highest BCUT2D eigenvalue weighted by atomic mass is 16.5. The number of carbonyl (C=O) groups is 1. The lowest BCUT2D eigenvalue weighted by Gasteiger charge is -2.49. The maximum Gasteiger partial charge on any atom is 0.315 e. The quantitative estimate of drug-likeness (QED) is 0.564. The number of aryl methyl sites for hydroxylation is 1. The zero-order valence-corrected chi connectivity index (χ0v) is 19.9. The number of aromatic nitrogens is 2. The summed E-state index contributed by atoms with van der Waals surface area (Å²) in [4.78, 5) is 14.9. The first-order chi connectivity index (χ1) is 16.6. The second-order valence-corrected chi connectivity index (χ2v) is 9.40. The van der Waals surface area contributed by atoms with Crippen LogP contribution in [0, 0.1) is 5.92 Å². The summed E-state index contributed by atoms with van der Waals surface area (Å²) >= 11 is 0. The van der Waals surface area contributed by atoms with Crippen LogP contribution in [0.1, 0.15) is 30.0 Å². The van der Waals surface area contributed by atoms with Crippen molar-refractivity contribution in [3.63, 3.8) is 0 Å². The first kappa shape index (κ1) is 22.5. The van der Waals surface area contributed by atoms with Crippen LogP contribution in [-0.2, 0) is 13.6 Å². The molecule has 0 saturated carbocycles. The molecule has 1 aromatic heterocycles. The third-order valence-electron chi connectivity index (χ3n) is 7.35. The molecule has 0 radical (unpaired) electrons. The Hall–Kier alpha value is -3.32. The Kier molecular flexibility index (Phi) is 6.54. The van der Waals surface area contributed by atoms with Crippen LogP contribution in [0.15, 0.2) is 60.7 Å². The van der Waals surface area contributed by atoms with E-state index in [0.717, 1.165) is 42.1 Å². The summed E-state index contributed by atoms with van der Waals surface area (Å²) in [6.45, 7) is 3.35. The van der Waals surface area contributed by atoms with Gasteiger partial charge in [-0.1, -0.05) is 30.3 Å². The van der Waals surface area contributed by atoms with Gasteiger partial charge in [0.2, 0.25) is 0 Å². The van der Waals surface area contributed by atoms with Crippen molar-refractivity contribution in [2.75, 3.05) is 26.7 Å². The number of hydrogen-bond donors (Lipinski definition) is 2. The average molecular weight is 460 g/mol. The minimum atomic E-state index is -0.0983. The van der Waals surface area contributed by atoms with Crippen molar-refractivity contribution < 1.29 is 9.53 Å². The third-order valence-corrected chi connectivity index (χ3v) is 7.35. The number of amides is 2. The van der Waals surface area contributed by atoms with Gasteiger partial charge < -0.3 is 15.4 Å². The van der Waals surface area contributed by atoms with Crippen LogP contribution in [0.4, 0.5) is 4.79 Å². The van der Waals surface area contributed by atoms with Gasteiger partial charge in [0.1, 0.15) is 5.75 Å². The summed E-state index contributed by atoms with van der Waals surface area (Å²) in [5, 5.41) is 10.9. The van der Waals surface area contributed by atoms with Gasteiger partial charge in [0.05, 0.1) is 12.8 Å². The van der Waals surface area contributed by atoms with Gasteiger partial charge in [-0.2, -0.15) is 5.10 Å². The van der Waals surface area contributed by atoms with Gasteiger partial charge in [-0.3, -0.25) is 9.58 Å². The Morgan fingerprint density at radius 3 is 2.62 bits per heavy atom. The SMILES string of the molecule is COc1ccc(-c2cc([C@@H]3CN4CC[C@H]3C[C@@H]4CNC(=O)NCc3ccccc3)n(C)n2)cc1. The number of benzene rings is 2. The monoisotopic (exact) mass is 459 g/mol. The van der Waals surface area contributed by atoms with Crippen LogP contribution < -0.4 is 15.4 Å². The van der Waals surface area contributed by atoms with E-state index >= 15 is 0 Å². The number of carbonyl (C=O) groups excluding carboxylic acids is 1. The van der Waals surface area contributed by atoms with Gasteiger partial charge in [0.15, 0.2) is 0 Å². The summed E-state index contributed by atoms with van der Waals surface area (Å²) in [6, 6.07) is 20.6. The van der Waals surface area contributed by atoms with E-state index in [1.807, 2.05) is 42.5 Å². The van der Waals surface area contributed by atoms with E-state index < -0.39 is 0 Å². The molecule has 2 N–H and O–H groups in total. The van der Waals surface area contributed by atoms with E-state index in [-0.39, 0.29) is 6.03 Å². The molecule has 1 unspecified atom stereocenters. The van der Waals surface area contributed by atoms with Crippen molar-refractivity contribution in [1.82, 2.24) is 25.3 Å². The molecule has 3 aromatic rings. The topological polar surface area (TPSA) is 71.4 Å². The van der Waals surface area contributed by atoms with Crippen LogP contribution in [0.3, 0.4) is 0 Å². The lowest BCUT2D eigenvalue weighted by molar-refractivity contribution is 0.0294. The highest BCUT2D eigenvalue weighted by Gasteiger charge is 2.41. The van der Waals surface area contributed by atoms with Crippen molar-refractivity contribution >= 4 is 6.03 Å². The summed E-state index contributed by atoms with van der Waals surface area (Å²) in [5.74, 6) is 1.94. The molecule has 4 atom stereocenters. The first-order valence-electron chi connectivity index (χ1n) is 12.1. The maximum absolute atomic E-state index is 12.3. The van der Waals surface area contributed by atoms with Gasteiger partial charge >= 0.3 is 6.03 Å². The minimum Gasteiger partial charge on any atom is -0.497 e. The highest BCUT2D eigenvalue weighted by molar-refractivity contribution is 5.73. The number of piperidine rings is 3. The predicted molar refractivity (Wildman–Crippen MR) is 133 cm³/mol. The molecule has 4 heterocycles. The fourth-order valence-corrected chi connectivity index (χ4v) is 5.47. The number of urea groups is 1. The third kappa shape index (κ3) is 4.80. The molecule has 7 heteroatoms. The number of methoxy groups -OCH3 is 1. The molecule has 6 rings (SSSR count). The summed E-state index contributed by atoms with van der Waals surface area (Å²) in [6.07, 6.45) is 2.30. The molecule has 3 fully saturated rings. The van der Waals surface area contributed by atoms with Crippen molar-refractivity contribution in [1.29, 1.82) is 0 Å². The molecule has 2 bridgehead atoms. The largest absolute Gasteiger partial charge is 0.497 e. The zero-order chi connectivity index (χ0) is 23.5. The van der Waals surface area contributed by atoms with Crippen LogP contribution in [0.2, 0.25) is 0 Å². The van der Waals surface area contributed by atoms with Gasteiger partial charge in [-0.05, 0) is 61.2 Å². The standard InChI is InChI=1S/C27H33N5O2/c1-31-26(15-25(30-31)20-8-10-23(34-2)11-9-20)24-18-32-13-12-21(24)14-22(32)17-29-27(33)28-16-19-6-4-3-5-7-19/h3-11,15,21-22,24H,12-14,16-18H2,1-2H3,(H2,28,29,33)/t21-,22+,24+/m0/s1. The molecule has 3 aliphatic rings. The lowest BCUT2D eigenvalue weighted by Crippen LogP contribution is -2.56. The molecule has 2 amide bonds. The van der Waals surface area contributed by atoms with E-state index in [2.05, 4.69) is 45.5 Å². The number of hydrogen-bond acceptors (Lipinski definition) is 4. The number of nitrogens with zero attached hydrogens (tertiary/aromatic N) is 3. The van der Waals surface area contributed by atoms with Crippen molar-refractivity contribution in [3.8, 4) is 17.0 Å². The van der Waals surface area contributed by atoms with E-state index in [4.69, 9.17) is 9.84 Å².